The van der Waals surface area contributed by atoms with E-state index in [1.54, 1.807) is 0 Å². The predicted molar refractivity (Wildman–Crippen MR) is 24.3 cm³/mol. The third kappa shape index (κ3) is 55.7. The molecule has 1 nitrogen and oxygen atoms in total. The van der Waals surface area contributed by atoms with E-state index < -0.39 is 0 Å². The Morgan fingerprint density at radius 2 is 1.50 bits per heavy atom. The second-order valence-electron chi connectivity index (χ2n) is 0.0913. The molecule has 3 heteroatoms. The molecule has 0 heterocycles. The molecule has 0 radical (unpaired) electrons. The van der Waals surface area contributed by atoms with Crippen molar-refractivity contribution in [2.45, 2.75) is 13.8 Å². The van der Waals surface area contributed by atoms with Gasteiger partial charge in [0.05, 0.1) is 0 Å². The van der Waals surface area contributed by atoms with Crippen molar-refractivity contribution >= 4 is 12.6 Å². The largest absolute Gasteiger partial charge is 1.00 e. The molecule has 0 spiro atoms. The number of thiocyanates is 1. The van der Waals surface area contributed by atoms with Crippen LogP contribution in [0.5, 0.6) is 0 Å². The molecule has 0 N–H and O–H groups in total. The molecule has 0 aromatic rings. The van der Waals surface area contributed by atoms with E-state index in [9.17, 15) is 0 Å². The van der Waals surface area contributed by atoms with Crippen LogP contribution in [0.2, 0.25) is 0 Å². The average Bonchev–Trinajstić information content (AvgIpc) is 1.46. The van der Waals surface area contributed by atoms with Crippen LogP contribution in [0.15, 0.2) is 0 Å². The summed E-state index contributed by atoms with van der Waals surface area (Å²) in [6.07, 6.45) is 0. The van der Waals surface area contributed by atoms with Gasteiger partial charge in [0, 0.05) is 0 Å². The Kier molecular flexibility index (Phi) is 86.0. The van der Waals surface area contributed by atoms with Gasteiger partial charge in [-0.05, 0) is 0 Å². The number of nitrogens with zero attached hydrogens (tertiary/aromatic N) is 1. The van der Waals surface area contributed by atoms with Crippen molar-refractivity contribution in [2.75, 3.05) is 0 Å². The second-order valence-corrected chi connectivity index (χ2v) is 0.274. The zero-order valence-corrected chi connectivity index (χ0v) is 8.30. The molecule has 0 amide bonds. The van der Waals surface area contributed by atoms with Crippen LogP contribution in [-0.4, -0.2) is 0 Å². The summed E-state index contributed by atoms with van der Waals surface area (Å²) in [7, 11) is 0. The fraction of sp³-hybridized carbons (Fsp3) is 0.667. The van der Waals surface area contributed by atoms with E-state index in [1.165, 1.54) is 5.40 Å². The number of nitriles is 1. The van der Waals surface area contributed by atoms with Crippen LogP contribution < -0.4 is 51.4 Å². The minimum Gasteiger partial charge on any atom is -0.696 e. The molecule has 0 fully saturated rings. The molecule has 0 aliphatic rings. The first kappa shape index (κ1) is 15.7. The first-order chi connectivity index (χ1) is 2.41. The molecule has 0 aromatic carbocycles. The van der Waals surface area contributed by atoms with E-state index in [4.69, 9.17) is 5.26 Å². The summed E-state index contributed by atoms with van der Waals surface area (Å²) < 4.78 is 0. The summed E-state index contributed by atoms with van der Waals surface area (Å²) in [5.74, 6) is 0. The van der Waals surface area contributed by atoms with Gasteiger partial charge in [0.15, 0.2) is 0 Å². The standard InChI is InChI=1S/C2H6.CHNS.K/c1-2;2-1-3;/h1-2H3;3H;/q;;+1/p-1. The van der Waals surface area contributed by atoms with Gasteiger partial charge in [-0.25, -0.2) is 5.26 Å². The van der Waals surface area contributed by atoms with E-state index >= 15 is 0 Å². The molecule has 0 atom stereocenters. The van der Waals surface area contributed by atoms with Crippen molar-refractivity contribution < 1.29 is 51.4 Å². The van der Waals surface area contributed by atoms with Crippen LogP contribution in [0.3, 0.4) is 0 Å². The van der Waals surface area contributed by atoms with Crippen LogP contribution in [0, 0.1) is 10.7 Å². The monoisotopic (exact) mass is 127 g/mol. The Bertz CT molecular complexity index is 32.3. The molecule has 6 heavy (non-hydrogen) atoms. The SMILES string of the molecule is CC.N#C[S-].[K+]. The molecule has 0 unspecified atom stereocenters. The van der Waals surface area contributed by atoms with Crippen molar-refractivity contribution in [2.24, 2.45) is 0 Å². The van der Waals surface area contributed by atoms with Crippen molar-refractivity contribution in [1.29, 1.82) is 5.26 Å². The van der Waals surface area contributed by atoms with Gasteiger partial charge in [-0.15, -0.1) is 0 Å². The average molecular weight is 127 g/mol. The first-order valence-electron chi connectivity index (χ1n) is 1.43. The van der Waals surface area contributed by atoms with E-state index in [0.717, 1.165) is 0 Å². The van der Waals surface area contributed by atoms with Crippen molar-refractivity contribution in [3.63, 3.8) is 0 Å². The quantitative estimate of drug-likeness (QED) is 0.214. The molecule has 0 aliphatic heterocycles. The van der Waals surface area contributed by atoms with E-state index in [2.05, 4.69) is 12.6 Å². The first-order valence-corrected chi connectivity index (χ1v) is 1.84. The molecule has 0 aromatic heterocycles. The summed E-state index contributed by atoms with van der Waals surface area (Å²) in [6.45, 7) is 4.00. The summed E-state index contributed by atoms with van der Waals surface area (Å²) in [5, 5.41) is 8.47. The Labute approximate surface area is 86.9 Å². The summed E-state index contributed by atoms with van der Waals surface area (Å²) >= 11 is 3.70. The maximum Gasteiger partial charge on any atom is 1.00 e. The van der Waals surface area contributed by atoms with Gasteiger partial charge < -0.3 is 12.6 Å². The number of hydrogen-bond acceptors (Lipinski definition) is 2. The van der Waals surface area contributed by atoms with E-state index in [1.807, 2.05) is 13.8 Å². The number of hydrogen-bond donors (Lipinski definition) is 0. The molecule has 0 saturated heterocycles. The molecular weight excluding hydrogens is 121 g/mol. The topological polar surface area (TPSA) is 23.8 Å². The van der Waals surface area contributed by atoms with Crippen LogP contribution in [-0.2, 0) is 12.6 Å². The van der Waals surface area contributed by atoms with Gasteiger partial charge in [0.2, 0.25) is 0 Å². The summed E-state index contributed by atoms with van der Waals surface area (Å²) in [6, 6.07) is 0. The van der Waals surface area contributed by atoms with Crippen LogP contribution >= 0.6 is 0 Å². The Morgan fingerprint density at radius 3 is 1.50 bits per heavy atom. The Morgan fingerprint density at radius 1 is 1.50 bits per heavy atom. The van der Waals surface area contributed by atoms with Crippen molar-refractivity contribution in [3.05, 3.63) is 0 Å². The minimum absolute atomic E-state index is 0. The Hall–Kier alpha value is 1.35. The van der Waals surface area contributed by atoms with Gasteiger partial charge in [-0.2, -0.15) is 0 Å². The normalized spacial score (nSPS) is 2.17. The number of rotatable bonds is 0. The zero-order valence-electron chi connectivity index (χ0n) is 4.36. The molecule has 0 rings (SSSR count). The van der Waals surface area contributed by atoms with E-state index in [0.29, 0.717) is 0 Å². The molecule has 0 aliphatic carbocycles. The second kappa shape index (κ2) is 32.9. The third-order valence-electron chi connectivity index (χ3n) is 0. The fourth-order valence-corrected chi connectivity index (χ4v) is 0. The van der Waals surface area contributed by atoms with Crippen LogP contribution in [0.4, 0.5) is 0 Å². The van der Waals surface area contributed by atoms with Gasteiger partial charge in [-0.1, -0.05) is 19.2 Å². The molecule has 0 bridgehead atoms. The van der Waals surface area contributed by atoms with Gasteiger partial charge in [0.25, 0.3) is 0 Å². The fourth-order valence-electron chi connectivity index (χ4n) is 0. The van der Waals surface area contributed by atoms with Gasteiger partial charge >= 0.3 is 51.4 Å². The zero-order chi connectivity index (χ0) is 4.71. The van der Waals surface area contributed by atoms with Crippen molar-refractivity contribution in [3.8, 4) is 5.40 Å². The molecule has 0 saturated carbocycles. The van der Waals surface area contributed by atoms with Crippen LogP contribution in [0.25, 0.3) is 0 Å². The summed E-state index contributed by atoms with van der Waals surface area (Å²) in [4.78, 5) is 0. The molecular formula is C3H6KNS. The maximum atomic E-state index is 7.13. The maximum absolute atomic E-state index is 7.13. The van der Waals surface area contributed by atoms with Gasteiger partial charge in [-0.3, -0.25) is 0 Å². The van der Waals surface area contributed by atoms with E-state index in [-0.39, 0.29) is 51.4 Å². The smallest absolute Gasteiger partial charge is 0.696 e. The summed E-state index contributed by atoms with van der Waals surface area (Å²) in [5.41, 5.74) is 0. The predicted octanol–water partition coefficient (Wildman–Crippen LogP) is -1.96. The third-order valence-corrected chi connectivity index (χ3v) is 0. The minimum atomic E-state index is 0. The van der Waals surface area contributed by atoms with Crippen LogP contribution in [0.1, 0.15) is 13.8 Å². The van der Waals surface area contributed by atoms with Crippen molar-refractivity contribution in [1.82, 2.24) is 0 Å². The van der Waals surface area contributed by atoms with Gasteiger partial charge in [0.1, 0.15) is 0 Å². The Balaban J connectivity index is -0.0000000275. The molecule has 30 valence electrons.